The van der Waals surface area contributed by atoms with Gasteiger partial charge in [0.25, 0.3) is 0 Å². The number of allylic oxidation sites excluding steroid dienone is 6. The van der Waals surface area contributed by atoms with Crippen molar-refractivity contribution >= 4 is 17.2 Å². The summed E-state index contributed by atoms with van der Waals surface area (Å²) in [5.41, 5.74) is 5.23. The van der Waals surface area contributed by atoms with E-state index in [-0.39, 0.29) is 12.2 Å². The van der Waals surface area contributed by atoms with E-state index in [9.17, 15) is 4.39 Å². The first-order chi connectivity index (χ1) is 15.4. The highest BCUT2D eigenvalue weighted by molar-refractivity contribution is 5.84. The van der Waals surface area contributed by atoms with Gasteiger partial charge in [-0.3, -0.25) is 4.40 Å². The van der Waals surface area contributed by atoms with Crippen LogP contribution in [0, 0.1) is 5.92 Å². The summed E-state index contributed by atoms with van der Waals surface area (Å²) in [6, 6.07) is 6.07. The standard InChI is InChI=1S/C25H29FN6/c1-17(2)15-28-25-27-12-10-21(29-25)24-23(19-6-5-7-20(26)9-8-19)30-22-14-18(16-31(3)4)11-13-32(22)24/h5-6,8-14,17H,7,15-16H2,1-4H3,(H,27,28,29). The van der Waals surface area contributed by atoms with Crippen LogP contribution in [0.2, 0.25) is 0 Å². The molecule has 0 amide bonds. The molecule has 0 aromatic carbocycles. The maximum absolute atomic E-state index is 13.8. The third-order valence-electron chi connectivity index (χ3n) is 5.08. The number of hydrogen-bond donors (Lipinski definition) is 1. The second-order valence-corrected chi connectivity index (χ2v) is 8.69. The van der Waals surface area contributed by atoms with Gasteiger partial charge < -0.3 is 10.2 Å². The Morgan fingerprint density at radius 3 is 2.81 bits per heavy atom. The predicted molar refractivity (Wildman–Crippen MR) is 128 cm³/mol. The number of anilines is 1. The van der Waals surface area contributed by atoms with Crippen molar-refractivity contribution in [3.63, 3.8) is 0 Å². The summed E-state index contributed by atoms with van der Waals surface area (Å²) in [6.45, 7) is 5.89. The minimum Gasteiger partial charge on any atom is -0.354 e. The van der Waals surface area contributed by atoms with E-state index in [1.807, 2.05) is 42.9 Å². The van der Waals surface area contributed by atoms with Gasteiger partial charge >= 0.3 is 0 Å². The summed E-state index contributed by atoms with van der Waals surface area (Å²) in [6.07, 6.45) is 11.1. The number of imidazole rings is 1. The summed E-state index contributed by atoms with van der Waals surface area (Å²) in [5, 5.41) is 3.29. The summed E-state index contributed by atoms with van der Waals surface area (Å²) >= 11 is 0. The molecule has 0 saturated carbocycles. The van der Waals surface area contributed by atoms with Gasteiger partial charge in [-0.2, -0.15) is 0 Å². The highest BCUT2D eigenvalue weighted by Gasteiger charge is 2.19. The molecular weight excluding hydrogens is 403 g/mol. The Bertz CT molecular complexity index is 1200. The summed E-state index contributed by atoms with van der Waals surface area (Å²) in [4.78, 5) is 16.2. The van der Waals surface area contributed by atoms with Crippen LogP contribution < -0.4 is 5.32 Å². The van der Waals surface area contributed by atoms with E-state index in [0.29, 0.717) is 11.9 Å². The van der Waals surface area contributed by atoms with E-state index in [4.69, 9.17) is 9.97 Å². The van der Waals surface area contributed by atoms with E-state index in [1.165, 1.54) is 11.6 Å². The maximum atomic E-state index is 13.8. The molecule has 0 atom stereocenters. The lowest BCUT2D eigenvalue weighted by Crippen LogP contribution is -2.11. The zero-order valence-electron chi connectivity index (χ0n) is 19.0. The highest BCUT2D eigenvalue weighted by atomic mass is 19.1. The lowest BCUT2D eigenvalue weighted by molar-refractivity contribution is 0.402. The summed E-state index contributed by atoms with van der Waals surface area (Å²) < 4.78 is 15.9. The molecule has 0 radical (unpaired) electrons. The summed E-state index contributed by atoms with van der Waals surface area (Å²) in [5.74, 6) is 0.890. The van der Waals surface area contributed by atoms with Crippen LogP contribution in [0.5, 0.6) is 0 Å². The normalized spacial score (nSPS) is 14.1. The molecular formula is C25H29FN6. The molecule has 0 spiro atoms. The van der Waals surface area contributed by atoms with Crippen molar-refractivity contribution in [3.05, 3.63) is 72.0 Å². The second-order valence-electron chi connectivity index (χ2n) is 8.69. The topological polar surface area (TPSA) is 58.4 Å². The molecule has 1 aliphatic carbocycles. The van der Waals surface area contributed by atoms with Gasteiger partial charge in [0.05, 0.1) is 17.1 Å². The quantitative estimate of drug-likeness (QED) is 0.562. The lowest BCUT2D eigenvalue weighted by Gasteiger charge is -2.11. The molecule has 7 heteroatoms. The lowest BCUT2D eigenvalue weighted by atomic mass is 10.1. The zero-order chi connectivity index (χ0) is 22.7. The van der Waals surface area contributed by atoms with Crippen molar-refractivity contribution < 1.29 is 4.39 Å². The fraction of sp³-hybridized carbons (Fsp3) is 0.320. The first-order valence-corrected chi connectivity index (χ1v) is 10.9. The molecule has 166 valence electrons. The van der Waals surface area contributed by atoms with Crippen molar-refractivity contribution in [1.82, 2.24) is 24.3 Å². The van der Waals surface area contributed by atoms with E-state index >= 15 is 0 Å². The fourth-order valence-corrected chi connectivity index (χ4v) is 3.63. The third-order valence-corrected chi connectivity index (χ3v) is 5.08. The molecule has 6 nitrogen and oxygen atoms in total. The molecule has 4 rings (SSSR count). The molecule has 3 aromatic heterocycles. The van der Waals surface area contributed by atoms with Crippen molar-refractivity contribution in [2.45, 2.75) is 26.8 Å². The monoisotopic (exact) mass is 432 g/mol. The smallest absolute Gasteiger partial charge is 0.223 e. The number of nitrogens with zero attached hydrogens (tertiary/aromatic N) is 5. The van der Waals surface area contributed by atoms with Crippen LogP contribution in [0.25, 0.3) is 22.6 Å². The predicted octanol–water partition coefficient (Wildman–Crippen LogP) is 5.12. The number of hydrogen-bond acceptors (Lipinski definition) is 5. The molecule has 3 heterocycles. The summed E-state index contributed by atoms with van der Waals surface area (Å²) in [7, 11) is 4.09. The van der Waals surface area contributed by atoms with Crippen LogP contribution >= 0.6 is 0 Å². The van der Waals surface area contributed by atoms with Gasteiger partial charge in [0, 0.05) is 37.5 Å². The van der Waals surface area contributed by atoms with E-state index in [1.54, 1.807) is 12.3 Å². The minimum atomic E-state index is -0.169. The van der Waals surface area contributed by atoms with Crippen LogP contribution in [0.15, 0.2) is 60.7 Å². The molecule has 0 fully saturated rings. The number of halogens is 1. The Morgan fingerprint density at radius 2 is 2.03 bits per heavy atom. The van der Waals surface area contributed by atoms with Crippen LogP contribution in [0.3, 0.4) is 0 Å². The first kappa shape index (κ1) is 21.9. The Labute approximate surface area is 188 Å². The van der Waals surface area contributed by atoms with Gasteiger partial charge in [0.2, 0.25) is 5.95 Å². The van der Waals surface area contributed by atoms with Gasteiger partial charge in [-0.05, 0) is 49.9 Å². The number of nitrogens with one attached hydrogen (secondary N) is 1. The number of rotatable bonds is 7. The fourth-order valence-electron chi connectivity index (χ4n) is 3.63. The van der Waals surface area contributed by atoms with Crippen LogP contribution in [0.4, 0.5) is 10.3 Å². The molecule has 0 aliphatic heterocycles. The molecule has 1 N–H and O–H groups in total. The zero-order valence-corrected chi connectivity index (χ0v) is 19.0. The van der Waals surface area contributed by atoms with Crippen molar-refractivity contribution in [2.24, 2.45) is 5.92 Å². The maximum Gasteiger partial charge on any atom is 0.223 e. The van der Waals surface area contributed by atoms with Crippen LogP contribution in [-0.2, 0) is 6.54 Å². The van der Waals surface area contributed by atoms with Gasteiger partial charge in [0.1, 0.15) is 11.5 Å². The SMILES string of the molecule is CC(C)CNc1nccc(-c2c(C3=CC=C(F)CC=C3)nc3cc(CN(C)C)ccn23)n1. The first-order valence-electron chi connectivity index (χ1n) is 10.9. The van der Waals surface area contributed by atoms with Gasteiger partial charge in [0.15, 0.2) is 0 Å². The number of fused-ring (bicyclic) bond motifs is 1. The molecule has 32 heavy (non-hydrogen) atoms. The number of aromatic nitrogens is 4. The van der Waals surface area contributed by atoms with Gasteiger partial charge in [-0.15, -0.1) is 0 Å². The minimum absolute atomic E-state index is 0.169. The molecule has 0 saturated heterocycles. The average molecular weight is 433 g/mol. The average Bonchev–Trinajstić information content (AvgIpc) is 2.99. The highest BCUT2D eigenvalue weighted by Crippen LogP contribution is 2.31. The van der Waals surface area contributed by atoms with Crippen molar-refractivity contribution in [2.75, 3.05) is 26.0 Å². The Hall–Kier alpha value is -3.32. The Morgan fingerprint density at radius 1 is 1.19 bits per heavy atom. The molecule has 3 aromatic rings. The second kappa shape index (κ2) is 9.44. The van der Waals surface area contributed by atoms with Crippen LogP contribution in [0.1, 0.15) is 31.5 Å². The van der Waals surface area contributed by atoms with E-state index in [0.717, 1.165) is 41.4 Å². The van der Waals surface area contributed by atoms with E-state index in [2.05, 4.69) is 41.2 Å². The van der Waals surface area contributed by atoms with Crippen LogP contribution in [-0.4, -0.2) is 44.9 Å². The van der Waals surface area contributed by atoms with Gasteiger partial charge in [-0.1, -0.05) is 32.1 Å². The Balaban J connectivity index is 1.87. The largest absolute Gasteiger partial charge is 0.354 e. The van der Waals surface area contributed by atoms with Crippen molar-refractivity contribution in [3.8, 4) is 11.4 Å². The van der Waals surface area contributed by atoms with Crippen molar-refractivity contribution in [1.29, 1.82) is 0 Å². The van der Waals surface area contributed by atoms with E-state index < -0.39 is 0 Å². The number of pyridine rings is 1. The van der Waals surface area contributed by atoms with Gasteiger partial charge in [-0.25, -0.2) is 19.3 Å². The molecule has 0 unspecified atom stereocenters. The third kappa shape index (κ3) is 4.94. The molecule has 0 bridgehead atoms. The molecule has 1 aliphatic rings. The Kier molecular flexibility index (Phi) is 6.46.